The third-order valence-corrected chi connectivity index (χ3v) is 2.18. The molecule has 0 bridgehead atoms. The van der Waals surface area contributed by atoms with E-state index in [2.05, 4.69) is 5.32 Å². The molecule has 0 atom stereocenters. The molecule has 0 aliphatic carbocycles. The van der Waals surface area contributed by atoms with E-state index in [0.717, 1.165) is 0 Å². The summed E-state index contributed by atoms with van der Waals surface area (Å²) < 4.78 is 0. The quantitative estimate of drug-likeness (QED) is 0.630. The van der Waals surface area contributed by atoms with Gasteiger partial charge in [-0.2, -0.15) is 0 Å². The molecular formula is C9H16N2O2. The van der Waals surface area contributed by atoms with E-state index in [1.165, 1.54) is 0 Å². The van der Waals surface area contributed by atoms with Crippen LogP contribution in [0.2, 0.25) is 0 Å². The molecule has 0 saturated carbocycles. The predicted octanol–water partition coefficient (Wildman–Crippen LogP) is 0.132. The van der Waals surface area contributed by atoms with Crippen LogP contribution in [0.25, 0.3) is 0 Å². The fourth-order valence-corrected chi connectivity index (χ4v) is 1.44. The number of hydrogen-bond acceptors (Lipinski definition) is 2. The number of rotatable bonds is 1. The maximum absolute atomic E-state index is 11.7. The lowest BCUT2D eigenvalue weighted by molar-refractivity contribution is -0.150. The van der Waals surface area contributed by atoms with Gasteiger partial charge in [-0.05, 0) is 27.7 Å². The first-order valence-electron chi connectivity index (χ1n) is 4.46. The smallest absolute Gasteiger partial charge is 0.248 e. The predicted molar refractivity (Wildman–Crippen MR) is 49.1 cm³/mol. The lowest BCUT2D eigenvalue weighted by Gasteiger charge is -2.39. The molecule has 1 saturated heterocycles. The Bertz CT molecular complexity index is 246. The molecule has 1 rings (SSSR count). The lowest BCUT2D eigenvalue weighted by atomic mass is 9.99. The summed E-state index contributed by atoms with van der Waals surface area (Å²) in [5.74, 6) is -0.0969. The van der Waals surface area contributed by atoms with Crippen molar-refractivity contribution < 1.29 is 9.59 Å². The fraction of sp³-hybridized carbons (Fsp3) is 0.778. The van der Waals surface area contributed by atoms with Gasteiger partial charge >= 0.3 is 0 Å². The minimum absolute atomic E-state index is 0.0119. The molecule has 0 radical (unpaired) electrons. The van der Waals surface area contributed by atoms with E-state index in [0.29, 0.717) is 0 Å². The van der Waals surface area contributed by atoms with Crippen LogP contribution in [0.4, 0.5) is 0 Å². The van der Waals surface area contributed by atoms with Crippen LogP contribution < -0.4 is 5.32 Å². The Morgan fingerprint density at radius 1 is 1.38 bits per heavy atom. The summed E-state index contributed by atoms with van der Waals surface area (Å²) in [6.45, 7) is 7.45. The van der Waals surface area contributed by atoms with Crippen LogP contribution in [0.5, 0.6) is 0 Å². The highest BCUT2D eigenvalue weighted by molar-refractivity contribution is 5.97. The molecule has 0 spiro atoms. The molecule has 13 heavy (non-hydrogen) atoms. The van der Waals surface area contributed by atoms with E-state index in [-0.39, 0.29) is 24.4 Å². The first-order chi connectivity index (χ1) is 5.84. The van der Waals surface area contributed by atoms with Gasteiger partial charge in [0.2, 0.25) is 11.8 Å². The molecule has 74 valence electrons. The van der Waals surface area contributed by atoms with Gasteiger partial charge in [0.25, 0.3) is 0 Å². The molecule has 0 aromatic carbocycles. The monoisotopic (exact) mass is 184 g/mol. The van der Waals surface area contributed by atoms with E-state index >= 15 is 0 Å². The van der Waals surface area contributed by atoms with Crippen LogP contribution in [0.15, 0.2) is 0 Å². The Kier molecular flexibility index (Phi) is 2.32. The number of carbonyl (C=O) groups is 2. The molecule has 1 aliphatic heterocycles. The maximum Gasteiger partial charge on any atom is 0.248 e. The van der Waals surface area contributed by atoms with Gasteiger partial charge in [-0.1, -0.05) is 0 Å². The molecule has 0 aromatic heterocycles. The molecule has 0 aromatic rings. The molecule has 4 nitrogen and oxygen atoms in total. The van der Waals surface area contributed by atoms with Gasteiger partial charge in [-0.15, -0.1) is 0 Å². The largest absolute Gasteiger partial charge is 0.341 e. The van der Waals surface area contributed by atoms with Crippen molar-refractivity contribution in [1.29, 1.82) is 0 Å². The van der Waals surface area contributed by atoms with E-state index < -0.39 is 5.54 Å². The highest BCUT2D eigenvalue weighted by Crippen LogP contribution is 2.15. The Morgan fingerprint density at radius 2 is 1.92 bits per heavy atom. The molecule has 1 heterocycles. The average Bonchev–Trinajstić information content (AvgIpc) is 1.95. The van der Waals surface area contributed by atoms with Crippen molar-refractivity contribution in [3.63, 3.8) is 0 Å². The minimum atomic E-state index is -0.750. The Morgan fingerprint density at radius 3 is 2.38 bits per heavy atom. The Labute approximate surface area is 78.3 Å². The average molecular weight is 184 g/mol. The summed E-state index contributed by atoms with van der Waals surface area (Å²) in [5, 5.41) is 2.66. The number of amides is 2. The van der Waals surface area contributed by atoms with E-state index in [1.54, 1.807) is 18.7 Å². The number of hydrogen-bond donors (Lipinski definition) is 1. The summed E-state index contributed by atoms with van der Waals surface area (Å²) in [7, 11) is 0. The van der Waals surface area contributed by atoms with Crippen LogP contribution >= 0.6 is 0 Å². The molecular weight excluding hydrogens is 168 g/mol. The zero-order chi connectivity index (χ0) is 10.2. The van der Waals surface area contributed by atoms with Gasteiger partial charge in [0.05, 0.1) is 6.54 Å². The molecule has 1 N–H and O–H groups in total. The lowest BCUT2D eigenvalue weighted by Crippen LogP contribution is -2.65. The summed E-state index contributed by atoms with van der Waals surface area (Å²) >= 11 is 0. The van der Waals surface area contributed by atoms with Crippen molar-refractivity contribution in [2.75, 3.05) is 6.54 Å². The molecule has 2 amide bonds. The second-order valence-corrected chi connectivity index (χ2v) is 4.20. The fourth-order valence-electron chi connectivity index (χ4n) is 1.44. The zero-order valence-corrected chi connectivity index (χ0v) is 8.55. The first kappa shape index (κ1) is 10.0. The van der Waals surface area contributed by atoms with Gasteiger partial charge in [0, 0.05) is 6.04 Å². The second-order valence-electron chi connectivity index (χ2n) is 4.20. The summed E-state index contributed by atoms with van der Waals surface area (Å²) in [6.07, 6.45) is 0. The number of piperazine rings is 1. The summed E-state index contributed by atoms with van der Waals surface area (Å²) in [4.78, 5) is 24.6. The number of nitrogens with one attached hydrogen (secondary N) is 1. The van der Waals surface area contributed by atoms with Crippen LogP contribution in [0, 0.1) is 0 Å². The molecule has 4 heteroatoms. The molecule has 1 fully saturated rings. The third-order valence-electron chi connectivity index (χ3n) is 2.18. The van der Waals surface area contributed by atoms with E-state index in [1.807, 2.05) is 13.8 Å². The topological polar surface area (TPSA) is 49.4 Å². The van der Waals surface area contributed by atoms with Crippen molar-refractivity contribution in [1.82, 2.24) is 10.2 Å². The van der Waals surface area contributed by atoms with Crippen molar-refractivity contribution in [2.24, 2.45) is 0 Å². The molecule has 0 unspecified atom stereocenters. The van der Waals surface area contributed by atoms with Crippen molar-refractivity contribution in [3.8, 4) is 0 Å². The van der Waals surface area contributed by atoms with Crippen LogP contribution in [-0.2, 0) is 9.59 Å². The van der Waals surface area contributed by atoms with Gasteiger partial charge in [0.1, 0.15) is 5.54 Å². The first-order valence-corrected chi connectivity index (χ1v) is 4.46. The van der Waals surface area contributed by atoms with Crippen molar-refractivity contribution in [3.05, 3.63) is 0 Å². The normalized spacial score (nSPS) is 22.1. The summed E-state index contributed by atoms with van der Waals surface area (Å²) in [5.41, 5.74) is -0.750. The standard InChI is InChI=1S/C9H16N2O2/c1-6(2)11-5-7(12)10-9(3,4)8(11)13/h6H,5H2,1-4H3,(H,10,12). The van der Waals surface area contributed by atoms with Gasteiger partial charge in [-0.3, -0.25) is 9.59 Å². The zero-order valence-electron chi connectivity index (χ0n) is 8.55. The number of carbonyl (C=O) groups excluding carboxylic acids is 2. The van der Waals surface area contributed by atoms with Crippen LogP contribution in [-0.4, -0.2) is 34.8 Å². The maximum atomic E-state index is 11.7. The van der Waals surface area contributed by atoms with E-state index in [9.17, 15) is 9.59 Å². The van der Waals surface area contributed by atoms with Crippen LogP contribution in [0.3, 0.4) is 0 Å². The highest BCUT2D eigenvalue weighted by atomic mass is 16.2. The third kappa shape index (κ3) is 1.82. The Balaban J connectivity index is 2.88. The SMILES string of the molecule is CC(C)N1CC(=O)NC(C)(C)C1=O. The van der Waals surface area contributed by atoms with Gasteiger partial charge < -0.3 is 10.2 Å². The summed E-state index contributed by atoms with van der Waals surface area (Å²) in [6, 6.07) is 0.0813. The van der Waals surface area contributed by atoms with Crippen molar-refractivity contribution >= 4 is 11.8 Å². The Hall–Kier alpha value is -1.06. The highest BCUT2D eigenvalue weighted by Gasteiger charge is 2.39. The van der Waals surface area contributed by atoms with E-state index in [4.69, 9.17) is 0 Å². The van der Waals surface area contributed by atoms with Gasteiger partial charge in [0.15, 0.2) is 0 Å². The minimum Gasteiger partial charge on any atom is -0.341 e. The van der Waals surface area contributed by atoms with Gasteiger partial charge in [-0.25, -0.2) is 0 Å². The van der Waals surface area contributed by atoms with Crippen LogP contribution in [0.1, 0.15) is 27.7 Å². The van der Waals surface area contributed by atoms with Crippen molar-refractivity contribution in [2.45, 2.75) is 39.3 Å². The number of nitrogens with zero attached hydrogens (tertiary/aromatic N) is 1. The second kappa shape index (κ2) is 3.01. The molecule has 1 aliphatic rings.